The predicted octanol–water partition coefficient (Wildman–Crippen LogP) is 3.18. The number of nitrogens with one attached hydrogen (secondary N) is 1. The Kier molecular flexibility index (Phi) is 5.19. The number of benzene rings is 1. The Morgan fingerprint density at radius 2 is 2.00 bits per heavy atom. The zero-order valence-electron chi connectivity index (χ0n) is 14.2. The third kappa shape index (κ3) is 4.28. The summed E-state index contributed by atoms with van der Waals surface area (Å²) in [5, 5.41) is 2.90. The molecule has 0 bridgehead atoms. The van der Waals surface area contributed by atoms with Crippen molar-refractivity contribution in [2.24, 2.45) is 0 Å². The first kappa shape index (κ1) is 17.2. The maximum atomic E-state index is 12.1. The summed E-state index contributed by atoms with van der Waals surface area (Å²) in [6, 6.07) is 12.9. The van der Waals surface area contributed by atoms with Crippen molar-refractivity contribution in [3.63, 3.8) is 0 Å². The highest BCUT2D eigenvalue weighted by molar-refractivity contribution is 7.99. The molecule has 0 aliphatic heterocycles. The number of aryl methyl sites for hydroxylation is 2. The lowest BCUT2D eigenvalue weighted by atomic mass is 10.2. The van der Waals surface area contributed by atoms with E-state index in [2.05, 4.69) is 10.3 Å². The molecule has 0 aliphatic rings. The molecule has 1 N–H and O–H groups in total. The molecule has 0 saturated carbocycles. The fourth-order valence-corrected chi connectivity index (χ4v) is 3.19. The SMILES string of the molecule is Cc1ccn2c(=O)cc(CSCC(=O)Nc3ccccc3C)nc2c1. The number of anilines is 1. The number of hydrogen-bond donors (Lipinski definition) is 1. The van der Waals surface area contributed by atoms with Crippen LogP contribution < -0.4 is 10.9 Å². The van der Waals surface area contributed by atoms with Crippen LogP contribution in [0.1, 0.15) is 16.8 Å². The molecule has 5 nitrogen and oxygen atoms in total. The van der Waals surface area contributed by atoms with Crippen LogP contribution in [0.3, 0.4) is 0 Å². The number of pyridine rings is 1. The highest BCUT2D eigenvalue weighted by Gasteiger charge is 2.07. The first-order valence-corrected chi connectivity index (χ1v) is 9.10. The standard InChI is InChI=1S/C19H19N3O2S/c1-13-7-8-22-17(9-13)20-15(10-19(22)24)11-25-12-18(23)21-16-6-4-3-5-14(16)2/h3-10H,11-12H2,1-2H3,(H,21,23). The first-order chi connectivity index (χ1) is 12.0. The predicted molar refractivity (Wildman–Crippen MR) is 102 cm³/mol. The third-order valence-electron chi connectivity index (χ3n) is 3.78. The summed E-state index contributed by atoms with van der Waals surface area (Å²) in [6.45, 7) is 3.92. The van der Waals surface area contributed by atoms with Gasteiger partial charge in [0.05, 0.1) is 11.4 Å². The van der Waals surface area contributed by atoms with Crippen LogP contribution in [0, 0.1) is 13.8 Å². The monoisotopic (exact) mass is 353 g/mol. The molecule has 0 fully saturated rings. The molecule has 0 radical (unpaired) electrons. The van der Waals surface area contributed by atoms with Gasteiger partial charge in [-0.1, -0.05) is 18.2 Å². The van der Waals surface area contributed by atoms with Crippen LogP contribution >= 0.6 is 11.8 Å². The van der Waals surface area contributed by atoms with Crippen molar-refractivity contribution in [2.45, 2.75) is 19.6 Å². The number of carbonyl (C=O) groups excluding carboxylic acids is 1. The van der Waals surface area contributed by atoms with Gasteiger partial charge >= 0.3 is 0 Å². The minimum absolute atomic E-state index is 0.0624. The molecule has 3 aromatic rings. The number of carbonyl (C=O) groups is 1. The summed E-state index contributed by atoms with van der Waals surface area (Å²) < 4.78 is 1.52. The second-order valence-corrected chi connectivity index (χ2v) is 6.86. The van der Waals surface area contributed by atoms with E-state index in [0.29, 0.717) is 22.8 Å². The topological polar surface area (TPSA) is 63.5 Å². The average molecular weight is 353 g/mol. The molecule has 6 heteroatoms. The molecule has 3 rings (SSSR count). The van der Waals surface area contributed by atoms with Crippen LogP contribution in [0.15, 0.2) is 53.5 Å². The molecule has 0 saturated heterocycles. The molecule has 1 aromatic carbocycles. The number of aromatic nitrogens is 2. The van der Waals surface area contributed by atoms with Crippen LogP contribution in [-0.2, 0) is 10.5 Å². The molecule has 1 amide bonds. The van der Waals surface area contributed by atoms with Crippen LogP contribution in [0.25, 0.3) is 5.65 Å². The Hall–Kier alpha value is -2.60. The number of para-hydroxylation sites is 1. The van der Waals surface area contributed by atoms with Gasteiger partial charge in [0, 0.05) is 23.7 Å². The Labute approximate surface area is 150 Å². The maximum Gasteiger partial charge on any atom is 0.258 e. The minimum atomic E-state index is -0.107. The molecule has 25 heavy (non-hydrogen) atoms. The fourth-order valence-electron chi connectivity index (χ4n) is 2.48. The quantitative estimate of drug-likeness (QED) is 0.765. The van der Waals surface area contributed by atoms with E-state index in [-0.39, 0.29) is 11.5 Å². The van der Waals surface area contributed by atoms with Gasteiger partial charge in [0.2, 0.25) is 5.91 Å². The summed E-state index contributed by atoms with van der Waals surface area (Å²) in [5.41, 5.74) is 4.11. The number of hydrogen-bond acceptors (Lipinski definition) is 4. The summed E-state index contributed by atoms with van der Waals surface area (Å²) in [6.07, 6.45) is 1.73. The smallest absolute Gasteiger partial charge is 0.258 e. The molecule has 0 atom stereocenters. The van der Waals surface area contributed by atoms with Crippen molar-refractivity contribution in [1.82, 2.24) is 9.38 Å². The van der Waals surface area contributed by atoms with Crippen LogP contribution in [0.5, 0.6) is 0 Å². The van der Waals surface area contributed by atoms with Gasteiger partial charge in [0.25, 0.3) is 5.56 Å². The van der Waals surface area contributed by atoms with E-state index in [9.17, 15) is 9.59 Å². The van der Waals surface area contributed by atoms with Gasteiger partial charge in [-0.2, -0.15) is 0 Å². The van der Waals surface area contributed by atoms with Gasteiger partial charge in [-0.15, -0.1) is 11.8 Å². The normalized spacial score (nSPS) is 10.8. The van der Waals surface area contributed by atoms with Crippen molar-refractivity contribution in [3.05, 3.63) is 75.8 Å². The number of thioether (sulfide) groups is 1. The van der Waals surface area contributed by atoms with Crippen LogP contribution in [0.2, 0.25) is 0 Å². The van der Waals surface area contributed by atoms with Gasteiger partial charge in [-0.3, -0.25) is 14.0 Å². The summed E-state index contributed by atoms with van der Waals surface area (Å²) >= 11 is 1.44. The fraction of sp³-hybridized carbons (Fsp3) is 0.211. The van der Waals surface area contributed by atoms with Crippen LogP contribution in [0.4, 0.5) is 5.69 Å². The zero-order valence-corrected chi connectivity index (χ0v) is 15.0. The van der Waals surface area contributed by atoms with Gasteiger partial charge in [0.15, 0.2) is 0 Å². The zero-order chi connectivity index (χ0) is 17.8. The lowest BCUT2D eigenvalue weighted by Crippen LogP contribution is -2.16. The largest absolute Gasteiger partial charge is 0.325 e. The summed E-state index contributed by atoms with van der Waals surface area (Å²) in [4.78, 5) is 28.7. The van der Waals surface area contributed by atoms with Crippen molar-refractivity contribution in [2.75, 3.05) is 11.1 Å². The molecule has 128 valence electrons. The Balaban J connectivity index is 1.62. The van der Waals surface area contributed by atoms with E-state index in [1.807, 2.05) is 50.2 Å². The van der Waals surface area contributed by atoms with Crippen LogP contribution in [-0.4, -0.2) is 21.0 Å². The summed E-state index contributed by atoms with van der Waals surface area (Å²) in [7, 11) is 0. The van der Waals surface area contributed by atoms with E-state index in [0.717, 1.165) is 16.8 Å². The van der Waals surface area contributed by atoms with Gasteiger partial charge < -0.3 is 5.32 Å². The van der Waals surface area contributed by atoms with Crippen molar-refractivity contribution < 1.29 is 4.79 Å². The van der Waals surface area contributed by atoms with E-state index >= 15 is 0 Å². The molecule has 2 aromatic heterocycles. The number of nitrogens with zero attached hydrogens (tertiary/aromatic N) is 2. The van der Waals surface area contributed by atoms with Crippen molar-refractivity contribution in [1.29, 1.82) is 0 Å². The third-order valence-corrected chi connectivity index (χ3v) is 4.74. The second kappa shape index (κ2) is 7.53. The van der Waals surface area contributed by atoms with E-state index < -0.39 is 0 Å². The lowest BCUT2D eigenvalue weighted by Gasteiger charge is -2.08. The minimum Gasteiger partial charge on any atom is -0.325 e. The van der Waals surface area contributed by atoms with E-state index in [1.165, 1.54) is 22.2 Å². The molecule has 0 unspecified atom stereocenters. The molecular formula is C19H19N3O2S. The highest BCUT2D eigenvalue weighted by Crippen LogP contribution is 2.15. The van der Waals surface area contributed by atoms with Crippen molar-refractivity contribution in [3.8, 4) is 0 Å². The molecule has 2 heterocycles. The Morgan fingerprint density at radius 1 is 1.20 bits per heavy atom. The van der Waals surface area contributed by atoms with E-state index in [1.54, 1.807) is 6.20 Å². The lowest BCUT2D eigenvalue weighted by molar-refractivity contribution is -0.113. The Bertz CT molecular complexity index is 982. The first-order valence-electron chi connectivity index (χ1n) is 7.95. The molecular weight excluding hydrogens is 334 g/mol. The second-order valence-electron chi connectivity index (χ2n) is 5.87. The highest BCUT2D eigenvalue weighted by atomic mass is 32.2. The molecule has 0 aliphatic carbocycles. The summed E-state index contributed by atoms with van der Waals surface area (Å²) in [5.74, 6) is 0.761. The van der Waals surface area contributed by atoms with Gasteiger partial charge in [0.1, 0.15) is 5.65 Å². The number of amides is 1. The van der Waals surface area contributed by atoms with E-state index in [4.69, 9.17) is 0 Å². The average Bonchev–Trinajstić information content (AvgIpc) is 2.56. The van der Waals surface area contributed by atoms with Gasteiger partial charge in [-0.05, 0) is 43.2 Å². The van der Waals surface area contributed by atoms with Gasteiger partial charge in [-0.25, -0.2) is 4.98 Å². The number of fused-ring (bicyclic) bond motifs is 1. The van der Waals surface area contributed by atoms with Crippen molar-refractivity contribution >= 4 is 29.0 Å². The molecule has 0 spiro atoms. The number of rotatable bonds is 5. The maximum absolute atomic E-state index is 12.1. The Morgan fingerprint density at radius 3 is 2.80 bits per heavy atom.